The van der Waals surface area contributed by atoms with Crippen molar-refractivity contribution in [1.29, 1.82) is 0 Å². The molecule has 1 unspecified atom stereocenters. The highest BCUT2D eigenvalue weighted by Gasteiger charge is 2.17. The van der Waals surface area contributed by atoms with Gasteiger partial charge in [0.25, 0.3) is 0 Å². The molecular formula is C26H32N2O3. The molecule has 1 heterocycles. The smallest absolute Gasteiger partial charge is 0.336 e. The van der Waals surface area contributed by atoms with Gasteiger partial charge in [-0.2, -0.15) is 0 Å². The quantitative estimate of drug-likeness (QED) is 0.488. The Kier molecular flexibility index (Phi) is 7.16. The number of nitrogens with zero attached hydrogens (tertiary/aromatic N) is 2. The van der Waals surface area contributed by atoms with Gasteiger partial charge in [-0.1, -0.05) is 70.2 Å². The van der Waals surface area contributed by atoms with Crippen LogP contribution in [0, 0.1) is 5.92 Å². The molecule has 164 valence electrons. The highest BCUT2D eigenvalue weighted by molar-refractivity contribution is 5.95. The lowest BCUT2D eigenvalue weighted by molar-refractivity contribution is 0.0697. The van der Waals surface area contributed by atoms with Crippen molar-refractivity contribution in [3.63, 3.8) is 0 Å². The first-order valence-electron chi connectivity index (χ1n) is 11.0. The summed E-state index contributed by atoms with van der Waals surface area (Å²) in [5, 5.41) is 9.45. The molecule has 0 saturated carbocycles. The summed E-state index contributed by atoms with van der Waals surface area (Å²) in [5.41, 5.74) is 3.95. The first kappa shape index (κ1) is 22.6. The zero-order valence-corrected chi connectivity index (χ0v) is 18.8. The number of imidazole rings is 1. The van der Waals surface area contributed by atoms with Crippen LogP contribution in [0.15, 0.2) is 59.5 Å². The third-order valence-electron chi connectivity index (χ3n) is 5.90. The van der Waals surface area contributed by atoms with E-state index in [1.165, 1.54) is 0 Å². The molecule has 1 N–H and O–H groups in total. The summed E-state index contributed by atoms with van der Waals surface area (Å²) >= 11 is 0. The Morgan fingerprint density at radius 3 is 2.32 bits per heavy atom. The molecule has 0 amide bonds. The van der Waals surface area contributed by atoms with E-state index in [4.69, 9.17) is 0 Å². The molecule has 0 aliphatic carbocycles. The lowest BCUT2D eigenvalue weighted by Crippen LogP contribution is -2.26. The van der Waals surface area contributed by atoms with Gasteiger partial charge in [0.2, 0.25) is 0 Å². The van der Waals surface area contributed by atoms with Crippen molar-refractivity contribution in [1.82, 2.24) is 9.13 Å². The molecule has 0 aliphatic rings. The number of aryl methyl sites for hydroxylation is 1. The van der Waals surface area contributed by atoms with E-state index in [0.717, 1.165) is 36.2 Å². The normalized spacial score (nSPS) is 12.3. The zero-order valence-electron chi connectivity index (χ0n) is 18.8. The molecule has 0 spiro atoms. The average molecular weight is 421 g/mol. The number of carbonyl (C=O) groups is 1. The van der Waals surface area contributed by atoms with Crippen LogP contribution in [0.1, 0.15) is 68.1 Å². The summed E-state index contributed by atoms with van der Waals surface area (Å²) in [6, 6.07) is 14.8. The standard InChI is InChI=1S/C26H32N2O3/c1-5-19(4)24-17-27(15-14-18(2)3)26(31)28(24)16-20-10-12-21(13-11-20)22-8-6-7-9-23(22)25(29)30/h6-13,17-19H,5,14-16H2,1-4H3,(H,29,30). The van der Waals surface area contributed by atoms with Gasteiger partial charge in [0.05, 0.1) is 12.1 Å². The molecule has 0 bridgehead atoms. The van der Waals surface area contributed by atoms with Crippen molar-refractivity contribution in [3.8, 4) is 11.1 Å². The van der Waals surface area contributed by atoms with Gasteiger partial charge in [-0.05, 0) is 47.4 Å². The van der Waals surface area contributed by atoms with Crippen LogP contribution in [0.4, 0.5) is 0 Å². The summed E-state index contributed by atoms with van der Waals surface area (Å²) in [7, 11) is 0. The molecule has 1 atom stereocenters. The Labute approximate surface area is 184 Å². The van der Waals surface area contributed by atoms with E-state index < -0.39 is 5.97 Å². The van der Waals surface area contributed by atoms with Crippen molar-refractivity contribution >= 4 is 5.97 Å². The Balaban J connectivity index is 1.91. The highest BCUT2D eigenvalue weighted by Crippen LogP contribution is 2.25. The number of hydrogen-bond acceptors (Lipinski definition) is 2. The Morgan fingerprint density at radius 2 is 1.71 bits per heavy atom. The predicted octanol–water partition coefficient (Wildman–Crippen LogP) is 5.62. The van der Waals surface area contributed by atoms with Gasteiger partial charge in [-0.15, -0.1) is 0 Å². The van der Waals surface area contributed by atoms with Crippen LogP contribution in [0.2, 0.25) is 0 Å². The fourth-order valence-corrected chi connectivity index (χ4v) is 3.76. The third-order valence-corrected chi connectivity index (χ3v) is 5.90. The first-order chi connectivity index (χ1) is 14.8. The second-order valence-electron chi connectivity index (χ2n) is 8.66. The molecule has 0 saturated heterocycles. The first-order valence-corrected chi connectivity index (χ1v) is 11.0. The van der Waals surface area contributed by atoms with Gasteiger partial charge >= 0.3 is 11.7 Å². The SMILES string of the molecule is CCC(C)c1cn(CCC(C)C)c(=O)n1Cc1ccc(-c2ccccc2C(=O)O)cc1. The van der Waals surface area contributed by atoms with Crippen molar-refractivity contribution in [2.75, 3.05) is 0 Å². The number of hydrogen-bond donors (Lipinski definition) is 1. The number of rotatable bonds is 9. The largest absolute Gasteiger partial charge is 0.478 e. The van der Waals surface area contributed by atoms with Crippen molar-refractivity contribution in [2.24, 2.45) is 5.92 Å². The van der Waals surface area contributed by atoms with E-state index >= 15 is 0 Å². The predicted molar refractivity (Wildman–Crippen MR) is 125 cm³/mol. The van der Waals surface area contributed by atoms with E-state index in [0.29, 0.717) is 23.9 Å². The molecule has 2 aromatic carbocycles. The number of aromatic nitrogens is 2. The van der Waals surface area contributed by atoms with Gasteiger partial charge in [-0.3, -0.25) is 9.13 Å². The maximum atomic E-state index is 13.1. The minimum Gasteiger partial charge on any atom is -0.478 e. The maximum absolute atomic E-state index is 13.1. The van der Waals surface area contributed by atoms with Crippen LogP contribution >= 0.6 is 0 Å². The highest BCUT2D eigenvalue weighted by atomic mass is 16.4. The van der Waals surface area contributed by atoms with Gasteiger partial charge in [0, 0.05) is 18.4 Å². The number of carboxylic acid groups (broad SMARTS) is 1. The van der Waals surface area contributed by atoms with E-state index in [2.05, 4.69) is 27.7 Å². The van der Waals surface area contributed by atoms with E-state index in [-0.39, 0.29) is 11.3 Å². The molecule has 1 aromatic heterocycles. The van der Waals surface area contributed by atoms with Crippen LogP contribution < -0.4 is 5.69 Å². The molecule has 0 fully saturated rings. The van der Waals surface area contributed by atoms with E-state index in [1.807, 2.05) is 51.7 Å². The summed E-state index contributed by atoms with van der Waals surface area (Å²) < 4.78 is 3.73. The molecule has 5 heteroatoms. The van der Waals surface area contributed by atoms with Gasteiger partial charge in [0.15, 0.2) is 0 Å². The second kappa shape index (κ2) is 9.82. The van der Waals surface area contributed by atoms with E-state index in [1.54, 1.807) is 12.1 Å². The fraction of sp³-hybridized carbons (Fsp3) is 0.385. The molecule has 3 rings (SSSR count). The lowest BCUT2D eigenvalue weighted by atomic mass is 9.98. The monoisotopic (exact) mass is 420 g/mol. The topological polar surface area (TPSA) is 64.2 Å². The zero-order chi connectivity index (χ0) is 22.5. The summed E-state index contributed by atoms with van der Waals surface area (Å²) in [4.78, 5) is 24.6. The lowest BCUT2D eigenvalue weighted by Gasteiger charge is -2.13. The van der Waals surface area contributed by atoms with Crippen molar-refractivity contribution in [2.45, 2.75) is 59.5 Å². The second-order valence-corrected chi connectivity index (χ2v) is 8.66. The van der Waals surface area contributed by atoms with Gasteiger partial charge in [0.1, 0.15) is 0 Å². The van der Waals surface area contributed by atoms with Crippen LogP contribution in [-0.2, 0) is 13.1 Å². The van der Waals surface area contributed by atoms with Crippen LogP contribution in [0.3, 0.4) is 0 Å². The van der Waals surface area contributed by atoms with Crippen LogP contribution in [-0.4, -0.2) is 20.2 Å². The van der Waals surface area contributed by atoms with E-state index in [9.17, 15) is 14.7 Å². The van der Waals surface area contributed by atoms with Crippen LogP contribution in [0.5, 0.6) is 0 Å². The van der Waals surface area contributed by atoms with Gasteiger partial charge in [-0.25, -0.2) is 9.59 Å². The molecular weight excluding hydrogens is 388 g/mol. The Hall–Kier alpha value is -3.08. The molecule has 0 radical (unpaired) electrons. The Morgan fingerprint density at radius 1 is 1.03 bits per heavy atom. The van der Waals surface area contributed by atoms with Crippen molar-refractivity contribution in [3.05, 3.63) is 82.0 Å². The molecule has 31 heavy (non-hydrogen) atoms. The van der Waals surface area contributed by atoms with Gasteiger partial charge < -0.3 is 5.11 Å². The maximum Gasteiger partial charge on any atom is 0.336 e. The summed E-state index contributed by atoms with van der Waals surface area (Å²) in [6.45, 7) is 9.87. The molecule has 3 aromatic rings. The minimum absolute atomic E-state index is 0.0382. The van der Waals surface area contributed by atoms with Crippen molar-refractivity contribution < 1.29 is 9.90 Å². The number of aromatic carboxylic acids is 1. The fourth-order valence-electron chi connectivity index (χ4n) is 3.76. The summed E-state index contributed by atoms with van der Waals surface area (Å²) in [6.07, 6.45) is 3.97. The molecule has 0 aliphatic heterocycles. The molecule has 5 nitrogen and oxygen atoms in total. The average Bonchev–Trinajstić information content (AvgIpc) is 3.07. The summed E-state index contributed by atoms with van der Waals surface area (Å²) in [5.74, 6) is -0.0922. The number of carboxylic acids is 1. The van der Waals surface area contributed by atoms with Crippen LogP contribution in [0.25, 0.3) is 11.1 Å². The minimum atomic E-state index is -0.938. The third kappa shape index (κ3) is 5.16. The number of benzene rings is 2. The Bertz CT molecular complexity index is 1090.